The summed E-state index contributed by atoms with van der Waals surface area (Å²) < 4.78 is 6.99. The van der Waals surface area contributed by atoms with Crippen LogP contribution in [-0.4, -0.2) is 39.6 Å². The number of nitrogens with zero attached hydrogens (tertiary/aromatic N) is 4. The molecule has 1 N–H and O–H groups in total. The molecule has 0 aliphatic heterocycles. The van der Waals surface area contributed by atoms with E-state index in [1.807, 2.05) is 54.9 Å². The van der Waals surface area contributed by atoms with Crippen LogP contribution in [0.15, 0.2) is 47.4 Å². The second-order valence-electron chi connectivity index (χ2n) is 6.14. The highest BCUT2D eigenvalue weighted by molar-refractivity contribution is 5.97. The zero-order valence-corrected chi connectivity index (χ0v) is 14.6. The third-order valence-corrected chi connectivity index (χ3v) is 3.64. The van der Waals surface area contributed by atoms with E-state index in [0.717, 1.165) is 23.6 Å². The Hall–Kier alpha value is -2.93. The lowest BCUT2D eigenvalue weighted by atomic mass is 10.1. The maximum atomic E-state index is 12.6. The first kappa shape index (κ1) is 16.9. The van der Waals surface area contributed by atoms with E-state index in [1.165, 1.54) is 0 Å². The Morgan fingerprint density at radius 3 is 2.84 bits per heavy atom. The normalized spacial score (nSPS) is 11.0. The van der Waals surface area contributed by atoms with Gasteiger partial charge in [-0.2, -0.15) is 0 Å². The van der Waals surface area contributed by atoms with Crippen LogP contribution in [0.4, 0.5) is 0 Å². The molecule has 1 aromatic carbocycles. The van der Waals surface area contributed by atoms with E-state index in [4.69, 9.17) is 4.52 Å². The Morgan fingerprint density at radius 2 is 2.12 bits per heavy atom. The number of carbonyl (C=O) groups is 1. The van der Waals surface area contributed by atoms with Gasteiger partial charge in [0.05, 0.1) is 35.5 Å². The molecule has 3 aromatic rings. The third-order valence-electron chi connectivity index (χ3n) is 3.64. The highest BCUT2D eigenvalue weighted by Crippen LogP contribution is 2.16. The Labute approximate surface area is 146 Å². The number of para-hydroxylation sites is 1. The molecule has 0 unspecified atom stereocenters. The van der Waals surface area contributed by atoms with E-state index < -0.39 is 0 Å². The molecule has 3 rings (SSSR count). The number of aryl methyl sites for hydroxylation is 1. The Bertz CT molecular complexity index is 866. The van der Waals surface area contributed by atoms with Gasteiger partial charge < -0.3 is 19.3 Å². The number of benzene rings is 1. The second-order valence-corrected chi connectivity index (χ2v) is 6.14. The number of rotatable bonds is 6. The van der Waals surface area contributed by atoms with Crippen molar-refractivity contribution < 1.29 is 9.32 Å². The lowest BCUT2D eigenvalue weighted by Gasteiger charge is -2.10. The predicted octanol–water partition coefficient (Wildman–Crippen LogP) is 2.16. The first-order chi connectivity index (χ1) is 12.0. The number of nitrogens with one attached hydrogen (secondary N) is 1. The minimum Gasteiger partial charge on any atom is -0.359 e. The summed E-state index contributed by atoms with van der Waals surface area (Å²) in [4.78, 5) is 19.0. The van der Waals surface area contributed by atoms with Gasteiger partial charge in [-0.25, -0.2) is 4.98 Å². The van der Waals surface area contributed by atoms with Crippen LogP contribution in [0.2, 0.25) is 0 Å². The van der Waals surface area contributed by atoms with Crippen molar-refractivity contribution in [2.45, 2.75) is 20.0 Å². The van der Waals surface area contributed by atoms with Crippen molar-refractivity contribution in [1.82, 2.24) is 24.9 Å². The molecule has 0 atom stereocenters. The lowest BCUT2D eigenvalue weighted by Crippen LogP contribution is -2.24. The van der Waals surface area contributed by atoms with Crippen LogP contribution in [0, 0.1) is 6.92 Å². The summed E-state index contributed by atoms with van der Waals surface area (Å²) in [6.07, 6.45) is 3.66. The van der Waals surface area contributed by atoms with Crippen molar-refractivity contribution >= 4 is 5.91 Å². The van der Waals surface area contributed by atoms with E-state index in [9.17, 15) is 4.79 Å². The lowest BCUT2D eigenvalue weighted by molar-refractivity contribution is 0.0947. The van der Waals surface area contributed by atoms with E-state index in [0.29, 0.717) is 17.9 Å². The molecule has 0 saturated heterocycles. The van der Waals surface area contributed by atoms with Crippen LogP contribution >= 0.6 is 0 Å². The standard InChI is InChI=1S/C18H21N5O2/c1-13-8-15(25-21-13)9-19-18(24)16-6-4-5-7-17(16)23-11-14(20-12-23)10-22(2)3/h4-8,11-12H,9-10H2,1-3H3,(H,19,24). The summed E-state index contributed by atoms with van der Waals surface area (Å²) >= 11 is 0. The van der Waals surface area contributed by atoms with Crippen LogP contribution in [0.3, 0.4) is 0 Å². The first-order valence-electron chi connectivity index (χ1n) is 8.00. The molecule has 0 bridgehead atoms. The van der Waals surface area contributed by atoms with Crippen LogP contribution in [0.1, 0.15) is 27.5 Å². The molecule has 0 aliphatic rings. The summed E-state index contributed by atoms with van der Waals surface area (Å²) in [5.41, 5.74) is 3.09. The molecule has 0 saturated carbocycles. The molecule has 0 spiro atoms. The molecule has 0 fully saturated rings. The van der Waals surface area contributed by atoms with Gasteiger partial charge in [-0.15, -0.1) is 0 Å². The number of hydrogen-bond donors (Lipinski definition) is 1. The molecule has 7 heteroatoms. The van der Waals surface area contributed by atoms with Gasteiger partial charge >= 0.3 is 0 Å². The van der Waals surface area contributed by atoms with E-state index in [2.05, 4.69) is 15.5 Å². The smallest absolute Gasteiger partial charge is 0.253 e. The summed E-state index contributed by atoms with van der Waals surface area (Å²) in [5, 5.41) is 6.68. The van der Waals surface area contributed by atoms with Crippen molar-refractivity contribution in [3.8, 4) is 5.69 Å². The van der Waals surface area contributed by atoms with Crippen molar-refractivity contribution in [2.24, 2.45) is 0 Å². The zero-order chi connectivity index (χ0) is 17.8. The summed E-state index contributed by atoms with van der Waals surface area (Å²) in [5.74, 6) is 0.451. The van der Waals surface area contributed by atoms with E-state index in [-0.39, 0.29) is 5.91 Å². The Kier molecular flexibility index (Phi) is 4.95. The average Bonchev–Trinajstić information content (AvgIpc) is 3.21. The van der Waals surface area contributed by atoms with Gasteiger partial charge in [-0.3, -0.25) is 4.79 Å². The first-order valence-corrected chi connectivity index (χ1v) is 8.00. The molecule has 7 nitrogen and oxygen atoms in total. The van der Waals surface area contributed by atoms with Gasteiger partial charge in [0.2, 0.25) is 0 Å². The van der Waals surface area contributed by atoms with Crippen molar-refractivity contribution in [1.29, 1.82) is 0 Å². The fraction of sp³-hybridized carbons (Fsp3) is 0.278. The maximum absolute atomic E-state index is 12.6. The monoisotopic (exact) mass is 339 g/mol. The summed E-state index contributed by atoms with van der Waals surface area (Å²) in [7, 11) is 3.98. The van der Waals surface area contributed by atoms with Gasteiger partial charge in [0.25, 0.3) is 5.91 Å². The van der Waals surface area contributed by atoms with E-state index >= 15 is 0 Å². The quantitative estimate of drug-likeness (QED) is 0.745. The van der Waals surface area contributed by atoms with Crippen LogP contribution in [-0.2, 0) is 13.1 Å². The second kappa shape index (κ2) is 7.31. The molecule has 2 heterocycles. The van der Waals surface area contributed by atoms with Crippen LogP contribution < -0.4 is 5.32 Å². The SMILES string of the molecule is Cc1cc(CNC(=O)c2ccccc2-n2cnc(CN(C)C)c2)on1. The minimum absolute atomic E-state index is 0.174. The number of aromatic nitrogens is 3. The fourth-order valence-electron chi connectivity index (χ4n) is 2.55. The minimum atomic E-state index is -0.174. The van der Waals surface area contributed by atoms with Crippen LogP contribution in [0.25, 0.3) is 5.69 Å². The summed E-state index contributed by atoms with van der Waals surface area (Å²) in [6, 6.07) is 9.23. The van der Waals surface area contributed by atoms with Crippen molar-refractivity contribution in [3.05, 3.63) is 65.6 Å². The molecular weight excluding hydrogens is 318 g/mol. The molecule has 0 aliphatic carbocycles. The maximum Gasteiger partial charge on any atom is 0.253 e. The molecule has 2 aromatic heterocycles. The zero-order valence-electron chi connectivity index (χ0n) is 14.6. The largest absolute Gasteiger partial charge is 0.359 e. The van der Waals surface area contributed by atoms with Gasteiger partial charge in [0.15, 0.2) is 5.76 Å². The average molecular weight is 339 g/mol. The highest BCUT2D eigenvalue weighted by atomic mass is 16.5. The third kappa shape index (κ3) is 4.13. The number of imidazole rings is 1. The number of carbonyl (C=O) groups excluding carboxylic acids is 1. The molecule has 0 radical (unpaired) electrons. The van der Waals surface area contributed by atoms with Gasteiger partial charge in [0, 0.05) is 18.8 Å². The fourth-order valence-corrected chi connectivity index (χ4v) is 2.55. The Morgan fingerprint density at radius 1 is 1.32 bits per heavy atom. The molecule has 25 heavy (non-hydrogen) atoms. The van der Waals surface area contributed by atoms with Crippen LogP contribution in [0.5, 0.6) is 0 Å². The number of amides is 1. The van der Waals surface area contributed by atoms with Gasteiger partial charge in [-0.1, -0.05) is 17.3 Å². The highest BCUT2D eigenvalue weighted by Gasteiger charge is 2.13. The topological polar surface area (TPSA) is 76.2 Å². The van der Waals surface area contributed by atoms with Crippen molar-refractivity contribution in [3.63, 3.8) is 0 Å². The summed E-state index contributed by atoms with van der Waals surface area (Å²) in [6.45, 7) is 2.88. The van der Waals surface area contributed by atoms with Gasteiger partial charge in [-0.05, 0) is 33.2 Å². The Balaban J connectivity index is 1.78. The molecule has 130 valence electrons. The van der Waals surface area contributed by atoms with Crippen molar-refractivity contribution in [2.75, 3.05) is 14.1 Å². The number of hydrogen-bond acceptors (Lipinski definition) is 5. The van der Waals surface area contributed by atoms with Gasteiger partial charge in [0.1, 0.15) is 0 Å². The van der Waals surface area contributed by atoms with E-state index in [1.54, 1.807) is 18.5 Å². The molecule has 1 amide bonds. The molecular formula is C18H21N5O2. The predicted molar refractivity (Wildman–Crippen MR) is 93.4 cm³/mol.